The molecule has 3 rings (SSSR count). The van der Waals surface area contributed by atoms with E-state index in [-0.39, 0.29) is 10.6 Å². The molecule has 1 heterocycles. The molecule has 0 atom stereocenters. The first kappa shape index (κ1) is 15.6. The summed E-state index contributed by atoms with van der Waals surface area (Å²) < 4.78 is 7.87. The number of aryl methyl sites for hydroxylation is 2. The third-order valence-electron chi connectivity index (χ3n) is 3.70. The molecular formula is C17H17N2O3S+. The number of nitro groups is 1. The second-order valence-corrected chi connectivity index (χ2v) is 6.28. The van der Waals surface area contributed by atoms with Crippen molar-refractivity contribution in [1.29, 1.82) is 0 Å². The van der Waals surface area contributed by atoms with Crippen LogP contribution < -0.4 is 4.57 Å². The first-order valence-electron chi connectivity index (χ1n) is 7.35. The van der Waals surface area contributed by atoms with Gasteiger partial charge in [0.25, 0.3) is 11.2 Å². The number of hydrogen-bond acceptors (Lipinski definition) is 4. The zero-order valence-electron chi connectivity index (χ0n) is 12.8. The highest BCUT2D eigenvalue weighted by atomic mass is 32.2. The molecule has 6 heteroatoms. The number of para-hydroxylation sites is 3. The summed E-state index contributed by atoms with van der Waals surface area (Å²) in [5, 5.41) is 11.0. The van der Waals surface area contributed by atoms with Gasteiger partial charge in [0, 0.05) is 23.4 Å². The maximum atomic E-state index is 11.0. The maximum absolute atomic E-state index is 11.0. The average molecular weight is 329 g/mol. The van der Waals surface area contributed by atoms with Crippen LogP contribution in [0.15, 0.2) is 52.9 Å². The molecule has 118 valence electrons. The summed E-state index contributed by atoms with van der Waals surface area (Å²) in [5.74, 6) is 2.37. The van der Waals surface area contributed by atoms with Gasteiger partial charge in [0.05, 0.1) is 17.6 Å². The molecule has 0 amide bonds. The summed E-state index contributed by atoms with van der Waals surface area (Å²) in [7, 11) is 0. The van der Waals surface area contributed by atoms with Crippen molar-refractivity contribution in [3.05, 3.63) is 70.1 Å². The summed E-state index contributed by atoms with van der Waals surface area (Å²) in [6.07, 6.45) is 0. The standard InChI is InChI=1S/C17H17N2O3S/c1-13-18(16-8-4-5-9-17(16)22-13)10-11-23-12-14-6-2-3-7-15(14)19(20)21/h2-9H,10-12H2,1H3/q+1. The van der Waals surface area contributed by atoms with Crippen LogP contribution in [0.5, 0.6) is 0 Å². The molecule has 3 aromatic rings. The Morgan fingerprint density at radius 2 is 1.91 bits per heavy atom. The van der Waals surface area contributed by atoms with Crippen molar-refractivity contribution in [1.82, 2.24) is 0 Å². The van der Waals surface area contributed by atoms with E-state index < -0.39 is 0 Å². The second kappa shape index (κ2) is 6.83. The van der Waals surface area contributed by atoms with Crippen LogP contribution >= 0.6 is 11.8 Å². The Morgan fingerprint density at radius 3 is 2.74 bits per heavy atom. The molecule has 0 N–H and O–H groups in total. The normalized spacial score (nSPS) is 11.0. The van der Waals surface area contributed by atoms with Crippen LogP contribution in [0.4, 0.5) is 5.69 Å². The van der Waals surface area contributed by atoms with Crippen molar-refractivity contribution in [3.63, 3.8) is 0 Å². The summed E-state index contributed by atoms with van der Waals surface area (Å²) in [6.45, 7) is 2.76. The Morgan fingerprint density at radius 1 is 1.17 bits per heavy atom. The van der Waals surface area contributed by atoms with Crippen LogP contribution in [0.3, 0.4) is 0 Å². The molecule has 0 unspecified atom stereocenters. The highest BCUT2D eigenvalue weighted by molar-refractivity contribution is 7.98. The van der Waals surface area contributed by atoms with Crippen LogP contribution in [-0.2, 0) is 12.3 Å². The van der Waals surface area contributed by atoms with E-state index in [1.807, 2.05) is 43.3 Å². The number of oxazole rings is 1. The fourth-order valence-corrected chi connectivity index (χ4v) is 3.50. The van der Waals surface area contributed by atoms with Gasteiger partial charge in [0.2, 0.25) is 5.58 Å². The lowest BCUT2D eigenvalue weighted by Crippen LogP contribution is -2.36. The van der Waals surface area contributed by atoms with Crippen molar-refractivity contribution < 1.29 is 13.9 Å². The van der Waals surface area contributed by atoms with Crippen molar-refractivity contribution in [2.24, 2.45) is 0 Å². The molecule has 0 aliphatic heterocycles. The molecule has 1 aromatic heterocycles. The van der Waals surface area contributed by atoms with E-state index in [1.165, 1.54) is 0 Å². The number of nitro benzene ring substituents is 1. The van der Waals surface area contributed by atoms with Crippen LogP contribution in [0.2, 0.25) is 0 Å². The summed E-state index contributed by atoms with van der Waals surface area (Å²) in [4.78, 5) is 10.7. The molecule has 0 bridgehead atoms. The van der Waals surface area contributed by atoms with Gasteiger partial charge >= 0.3 is 5.89 Å². The first-order chi connectivity index (χ1) is 11.2. The topological polar surface area (TPSA) is 60.2 Å². The summed E-state index contributed by atoms with van der Waals surface area (Å²) in [6, 6.07) is 14.9. The molecule has 0 aliphatic rings. The third kappa shape index (κ3) is 3.37. The lowest BCUT2D eigenvalue weighted by molar-refractivity contribution is -0.678. The smallest absolute Gasteiger partial charge is 0.344 e. The highest BCUT2D eigenvalue weighted by Gasteiger charge is 2.18. The van der Waals surface area contributed by atoms with E-state index in [9.17, 15) is 10.1 Å². The van der Waals surface area contributed by atoms with Crippen molar-refractivity contribution in [2.75, 3.05) is 5.75 Å². The molecule has 0 aliphatic carbocycles. The molecule has 0 spiro atoms. The average Bonchev–Trinajstić information content (AvgIpc) is 2.87. The minimum Gasteiger partial charge on any atom is -0.402 e. The Labute approximate surface area is 138 Å². The zero-order valence-corrected chi connectivity index (χ0v) is 13.6. The fraction of sp³-hybridized carbons (Fsp3) is 0.235. The number of rotatable bonds is 6. The zero-order chi connectivity index (χ0) is 16.2. The fourth-order valence-electron chi connectivity index (χ4n) is 2.58. The lowest BCUT2D eigenvalue weighted by Gasteiger charge is -2.01. The van der Waals surface area contributed by atoms with Gasteiger partial charge < -0.3 is 4.42 Å². The summed E-state index contributed by atoms with van der Waals surface area (Å²) >= 11 is 1.69. The molecule has 0 radical (unpaired) electrons. The Balaban J connectivity index is 1.64. The van der Waals surface area contributed by atoms with E-state index in [4.69, 9.17) is 4.42 Å². The SMILES string of the molecule is Cc1oc2ccccc2[n+]1CCSCc1ccccc1[N+](=O)[O-]. The maximum Gasteiger partial charge on any atom is 0.344 e. The third-order valence-corrected chi connectivity index (χ3v) is 4.69. The van der Waals surface area contributed by atoms with Gasteiger partial charge in [-0.05, 0) is 6.07 Å². The van der Waals surface area contributed by atoms with Crippen molar-refractivity contribution >= 4 is 28.5 Å². The van der Waals surface area contributed by atoms with Gasteiger partial charge in [0.1, 0.15) is 0 Å². The minimum absolute atomic E-state index is 0.192. The summed E-state index contributed by atoms with van der Waals surface area (Å²) in [5.41, 5.74) is 2.92. The molecular weight excluding hydrogens is 312 g/mol. The van der Waals surface area contributed by atoms with Gasteiger partial charge in [-0.15, -0.1) is 0 Å². The number of fused-ring (bicyclic) bond motifs is 1. The molecule has 0 saturated carbocycles. The second-order valence-electron chi connectivity index (χ2n) is 5.18. The number of nitrogens with zero attached hydrogens (tertiary/aromatic N) is 2. The van der Waals surface area contributed by atoms with Gasteiger partial charge in [-0.2, -0.15) is 16.3 Å². The van der Waals surface area contributed by atoms with E-state index in [0.29, 0.717) is 5.75 Å². The van der Waals surface area contributed by atoms with E-state index >= 15 is 0 Å². The largest absolute Gasteiger partial charge is 0.402 e. The number of benzene rings is 2. The molecule has 0 saturated heterocycles. The Bertz CT molecular complexity index is 845. The van der Waals surface area contributed by atoms with Gasteiger partial charge in [-0.25, -0.2) is 0 Å². The number of thioether (sulfide) groups is 1. The molecule has 5 nitrogen and oxygen atoms in total. The molecule has 2 aromatic carbocycles. The van der Waals surface area contributed by atoms with Gasteiger partial charge in [0.15, 0.2) is 6.54 Å². The molecule has 23 heavy (non-hydrogen) atoms. The Hall–Kier alpha value is -2.34. The van der Waals surface area contributed by atoms with Crippen LogP contribution in [0.25, 0.3) is 11.1 Å². The van der Waals surface area contributed by atoms with Gasteiger partial charge in [-0.1, -0.05) is 30.3 Å². The molecule has 0 fully saturated rings. The Kier molecular flexibility index (Phi) is 4.62. The highest BCUT2D eigenvalue weighted by Crippen LogP contribution is 2.23. The predicted molar refractivity (Wildman–Crippen MR) is 90.4 cm³/mol. The van der Waals surface area contributed by atoms with E-state index in [0.717, 1.165) is 34.9 Å². The lowest BCUT2D eigenvalue weighted by atomic mass is 10.2. The van der Waals surface area contributed by atoms with Gasteiger partial charge in [-0.3, -0.25) is 10.1 Å². The predicted octanol–water partition coefficient (Wildman–Crippen LogP) is 3.87. The van der Waals surface area contributed by atoms with Crippen LogP contribution in [0.1, 0.15) is 11.5 Å². The minimum atomic E-state index is -0.321. The monoisotopic (exact) mass is 329 g/mol. The van der Waals surface area contributed by atoms with Crippen LogP contribution in [0, 0.1) is 17.0 Å². The van der Waals surface area contributed by atoms with Crippen LogP contribution in [-0.4, -0.2) is 10.7 Å². The number of hydrogen-bond donors (Lipinski definition) is 0. The quantitative estimate of drug-likeness (QED) is 0.298. The number of aromatic nitrogens is 1. The van der Waals surface area contributed by atoms with Crippen molar-refractivity contribution in [2.45, 2.75) is 19.2 Å². The van der Waals surface area contributed by atoms with E-state index in [1.54, 1.807) is 23.9 Å². The van der Waals surface area contributed by atoms with E-state index in [2.05, 4.69) is 4.57 Å². The van der Waals surface area contributed by atoms with Crippen molar-refractivity contribution in [3.8, 4) is 0 Å². The first-order valence-corrected chi connectivity index (χ1v) is 8.50.